The molecule has 194 valence electrons. The summed E-state index contributed by atoms with van der Waals surface area (Å²) < 4.78 is 14.8. The fourth-order valence-corrected chi connectivity index (χ4v) is 5.11. The molecule has 6 heteroatoms. The molecular weight excluding hydrogens is 465 g/mol. The van der Waals surface area contributed by atoms with Gasteiger partial charge in [-0.3, -0.25) is 9.59 Å². The SMILES string of the molecule is Cc1cccc(F)c1C(=O)N1CCCC(C(=O)Nc2cccc(C(C)(C)C)c2)C1c1ccc(CN)cc1. The molecule has 2 atom stereocenters. The van der Waals surface area contributed by atoms with Crippen LogP contribution < -0.4 is 11.1 Å². The number of amides is 2. The molecule has 3 N–H and O–H groups in total. The molecule has 0 bridgehead atoms. The van der Waals surface area contributed by atoms with Crippen molar-refractivity contribution in [3.05, 3.63) is 100 Å². The number of likely N-dealkylation sites (tertiary alicyclic amines) is 1. The van der Waals surface area contributed by atoms with Gasteiger partial charge in [-0.25, -0.2) is 4.39 Å². The highest BCUT2D eigenvalue weighted by atomic mass is 19.1. The van der Waals surface area contributed by atoms with Crippen molar-refractivity contribution in [1.82, 2.24) is 4.90 Å². The monoisotopic (exact) mass is 501 g/mol. The molecule has 37 heavy (non-hydrogen) atoms. The summed E-state index contributed by atoms with van der Waals surface area (Å²) in [6.45, 7) is 8.96. The Morgan fingerprint density at radius 2 is 1.76 bits per heavy atom. The van der Waals surface area contributed by atoms with Crippen molar-refractivity contribution in [2.75, 3.05) is 11.9 Å². The minimum Gasteiger partial charge on any atom is -0.331 e. The van der Waals surface area contributed by atoms with Crippen molar-refractivity contribution < 1.29 is 14.0 Å². The lowest BCUT2D eigenvalue weighted by atomic mass is 9.83. The largest absolute Gasteiger partial charge is 0.331 e. The van der Waals surface area contributed by atoms with Crippen molar-refractivity contribution in [3.63, 3.8) is 0 Å². The summed E-state index contributed by atoms with van der Waals surface area (Å²) in [5.41, 5.74) is 10.0. The third-order valence-corrected chi connectivity index (χ3v) is 7.22. The lowest BCUT2D eigenvalue weighted by molar-refractivity contribution is -0.123. The van der Waals surface area contributed by atoms with E-state index in [2.05, 4.69) is 32.2 Å². The molecule has 1 saturated heterocycles. The highest BCUT2D eigenvalue weighted by Crippen LogP contribution is 2.39. The number of piperidine rings is 1. The number of hydrogen-bond donors (Lipinski definition) is 2. The first-order valence-electron chi connectivity index (χ1n) is 12.9. The fraction of sp³-hybridized carbons (Fsp3) is 0.355. The molecule has 1 aliphatic rings. The third-order valence-electron chi connectivity index (χ3n) is 7.22. The second kappa shape index (κ2) is 10.9. The van der Waals surface area contributed by atoms with E-state index in [1.54, 1.807) is 24.0 Å². The van der Waals surface area contributed by atoms with Gasteiger partial charge in [0.05, 0.1) is 17.5 Å². The van der Waals surface area contributed by atoms with Crippen molar-refractivity contribution in [1.29, 1.82) is 0 Å². The molecule has 0 spiro atoms. The standard InChI is InChI=1S/C31H36FN3O2/c1-20-8-5-12-26(32)27(20)30(37)35-17-7-11-25(28(35)22-15-13-21(19-33)14-16-22)29(36)34-24-10-6-9-23(18-24)31(2,3)4/h5-6,8-10,12-16,18,25,28H,7,11,17,19,33H2,1-4H3,(H,34,36). The average Bonchev–Trinajstić information content (AvgIpc) is 2.87. The van der Waals surface area contributed by atoms with Crippen molar-refractivity contribution in [2.45, 2.75) is 58.5 Å². The zero-order chi connectivity index (χ0) is 26.7. The molecular formula is C31H36FN3O2. The molecule has 1 heterocycles. The number of nitrogens with two attached hydrogens (primary N) is 1. The number of nitrogens with one attached hydrogen (secondary N) is 1. The molecule has 2 unspecified atom stereocenters. The molecule has 0 radical (unpaired) electrons. The van der Waals surface area contributed by atoms with Gasteiger partial charge in [0.1, 0.15) is 5.82 Å². The topological polar surface area (TPSA) is 75.4 Å². The van der Waals surface area contributed by atoms with Crippen LogP contribution in [-0.4, -0.2) is 23.3 Å². The van der Waals surface area contributed by atoms with Crippen molar-refractivity contribution in [2.24, 2.45) is 11.7 Å². The van der Waals surface area contributed by atoms with Crippen LogP contribution in [0.25, 0.3) is 0 Å². The van der Waals surface area contributed by atoms with E-state index in [0.717, 1.165) is 22.4 Å². The number of hydrogen-bond acceptors (Lipinski definition) is 3. The van der Waals surface area contributed by atoms with Crippen LogP contribution in [0.3, 0.4) is 0 Å². The van der Waals surface area contributed by atoms with E-state index in [1.807, 2.05) is 42.5 Å². The van der Waals surface area contributed by atoms with Gasteiger partial charge in [-0.15, -0.1) is 0 Å². The Morgan fingerprint density at radius 1 is 1.05 bits per heavy atom. The van der Waals surface area contributed by atoms with Gasteiger partial charge in [-0.05, 0) is 65.6 Å². The summed E-state index contributed by atoms with van der Waals surface area (Å²) in [4.78, 5) is 29.2. The van der Waals surface area contributed by atoms with Crippen LogP contribution in [0.5, 0.6) is 0 Å². The quantitative estimate of drug-likeness (QED) is 0.442. The third kappa shape index (κ3) is 5.75. The zero-order valence-electron chi connectivity index (χ0n) is 22.1. The number of benzene rings is 3. The smallest absolute Gasteiger partial charge is 0.257 e. The first-order chi connectivity index (χ1) is 17.6. The first kappa shape index (κ1) is 26.6. The van der Waals surface area contributed by atoms with Gasteiger partial charge < -0.3 is 16.0 Å². The van der Waals surface area contributed by atoms with E-state index < -0.39 is 23.7 Å². The Hall–Kier alpha value is -3.51. The molecule has 0 aliphatic carbocycles. The van der Waals surface area contributed by atoms with Crippen LogP contribution in [0.1, 0.15) is 72.3 Å². The zero-order valence-corrected chi connectivity index (χ0v) is 22.1. The van der Waals surface area contributed by atoms with Gasteiger partial charge in [0.2, 0.25) is 5.91 Å². The highest BCUT2D eigenvalue weighted by molar-refractivity contribution is 5.98. The first-order valence-corrected chi connectivity index (χ1v) is 12.9. The fourth-order valence-electron chi connectivity index (χ4n) is 5.11. The van der Waals surface area contributed by atoms with Gasteiger partial charge >= 0.3 is 0 Å². The Morgan fingerprint density at radius 3 is 2.41 bits per heavy atom. The van der Waals surface area contributed by atoms with E-state index in [9.17, 15) is 14.0 Å². The Labute approximate surface area is 218 Å². The van der Waals surface area contributed by atoms with Crippen LogP contribution in [0.15, 0.2) is 66.7 Å². The molecule has 5 nitrogen and oxygen atoms in total. The van der Waals surface area contributed by atoms with Gasteiger partial charge in [-0.2, -0.15) is 0 Å². The maximum atomic E-state index is 14.8. The molecule has 4 rings (SSSR count). The minimum absolute atomic E-state index is 0.0559. The highest BCUT2D eigenvalue weighted by Gasteiger charge is 2.40. The van der Waals surface area contributed by atoms with Gasteiger partial charge in [0, 0.05) is 18.8 Å². The number of halogens is 1. The Balaban J connectivity index is 1.71. The van der Waals surface area contributed by atoms with E-state index in [1.165, 1.54) is 6.07 Å². The molecule has 0 aromatic heterocycles. The maximum Gasteiger partial charge on any atom is 0.257 e. The number of aryl methyl sites for hydroxylation is 1. The number of rotatable bonds is 5. The molecule has 1 fully saturated rings. The lowest BCUT2D eigenvalue weighted by Gasteiger charge is -2.41. The Bertz CT molecular complexity index is 1260. The van der Waals surface area contributed by atoms with E-state index in [-0.39, 0.29) is 16.9 Å². The Kier molecular flexibility index (Phi) is 7.79. The van der Waals surface area contributed by atoms with Crippen molar-refractivity contribution in [3.8, 4) is 0 Å². The van der Waals surface area contributed by atoms with Crippen LogP contribution >= 0.6 is 0 Å². The average molecular weight is 502 g/mol. The van der Waals surface area contributed by atoms with Crippen molar-refractivity contribution >= 4 is 17.5 Å². The summed E-state index contributed by atoms with van der Waals surface area (Å²) in [5.74, 6) is -1.59. The van der Waals surface area contributed by atoms with Crippen LogP contribution in [0, 0.1) is 18.7 Å². The number of nitrogens with zero attached hydrogens (tertiary/aromatic N) is 1. The van der Waals surface area contributed by atoms with Gasteiger partial charge in [-0.1, -0.05) is 69.3 Å². The summed E-state index contributed by atoms with van der Waals surface area (Å²) in [5, 5.41) is 3.10. The number of carbonyl (C=O) groups excluding carboxylic acids is 2. The van der Waals surface area contributed by atoms with Crippen LogP contribution in [0.2, 0.25) is 0 Å². The van der Waals surface area contributed by atoms with E-state index in [0.29, 0.717) is 31.5 Å². The van der Waals surface area contributed by atoms with Gasteiger partial charge in [0.15, 0.2) is 0 Å². The van der Waals surface area contributed by atoms with E-state index in [4.69, 9.17) is 5.73 Å². The van der Waals surface area contributed by atoms with E-state index >= 15 is 0 Å². The minimum atomic E-state index is -0.548. The number of anilines is 1. The van der Waals surface area contributed by atoms with Crippen LogP contribution in [-0.2, 0) is 16.8 Å². The number of carbonyl (C=O) groups is 2. The second-order valence-electron chi connectivity index (χ2n) is 10.9. The maximum absolute atomic E-state index is 14.8. The molecule has 3 aromatic rings. The molecule has 2 amide bonds. The summed E-state index contributed by atoms with van der Waals surface area (Å²) in [7, 11) is 0. The van der Waals surface area contributed by atoms with Crippen LogP contribution in [0.4, 0.5) is 10.1 Å². The predicted octanol–water partition coefficient (Wildman–Crippen LogP) is 6.12. The summed E-state index contributed by atoms with van der Waals surface area (Å²) in [6.07, 6.45) is 1.27. The lowest BCUT2D eigenvalue weighted by Crippen LogP contribution is -2.46. The molecule has 3 aromatic carbocycles. The molecule has 0 saturated carbocycles. The molecule has 1 aliphatic heterocycles. The summed E-state index contributed by atoms with van der Waals surface area (Å²) in [6, 6.07) is 19.7. The van der Waals surface area contributed by atoms with Gasteiger partial charge in [0.25, 0.3) is 5.91 Å². The normalized spacial score (nSPS) is 17.9. The second-order valence-corrected chi connectivity index (χ2v) is 10.9. The predicted molar refractivity (Wildman–Crippen MR) is 146 cm³/mol. The summed E-state index contributed by atoms with van der Waals surface area (Å²) >= 11 is 0.